The third-order valence-electron chi connectivity index (χ3n) is 1.30. The highest BCUT2D eigenvalue weighted by Gasteiger charge is 2.02. The average Bonchev–Trinajstić information content (AvgIpc) is 2.04. The molecule has 1 unspecified atom stereocenters. The van der Waals surface area contributed by atoms with Gasteiger partial charge >= 0.3 is 5.97 Å². The Balaban J connectivity index is 3.20. The second-order valence-corrected chi connectivity index (χ2v) is 2.26. The zero-order valence-electron chi connectivity index (χ0n) is 7.00. The zero-order chi connectivity index (χ0) is 8.69. The average molecular weight is 161 g/mol. The van der Waals surface area contributed by atoms with Crippen molar-refractivity contribution in [3.8, 4) is 0 Å². The number of carbonyl (C=O) groups is 1. The third kappa shape index (κ3) is 5.82. The van der Waals surface area contributed by atoms with Gasteiger partial charge in [0.2, 0.25) is 0 Å². The second-order valence-electron chi connectivity index (χ2n) is 2.26. The van der Waals surface area contributed by atoms with Gasteiger partial charge < -0.3 is 15.2 Å². The second kappa shape index (κ2) is 6.12. The van der Waals surface area contributed by atoms with Crippen LogP contribution in [0, 0.1) is 0 Å². The molecule has 0 saturated heterocycles. The van der Waals surface area contributed by atoms with Crippen molar-refractivity contribution < 1.29 is 14.3 Å². The minimum absolute atomic E-state index is 0.00972. The van der Waals surface area contributed by atoms with E-state index in [9.17, 15) is 4.79 Å². The number of methoxy groups -OCH3 is 1. The van der Waals surface area contributed by atoms with E-state index in [2.05, 4.69) is 4.74 Å². The molecule has 0 fully saturated rings. The number of hydrogen-bond donors (Lipinski definition) is 1. The maximum atomic E-state index is 10.5. The van der Waals surface area contributed by atoms with Crippen LogP contribution in [0.2, 0.25) is 0 Å². The van der Waals surface area contributed by atoms with Crippen molar-refractivity contribution in [2.75, 3.05) is 20.3 Å². The summed E-state index contributed by atoms with van der Waals surface area (Å²) in [7, 11) is 1.32. The summed E-state index contributed by atoms with van der Waals surface area (Å²) < 4.78 is 9.30. The van der Waals surface area contributed by atoms with Gasteiger partial charge in [0.15, 0.2) is 0 Å². The van der Waals surface area contributed by atoms with Crippen LogP contribution in [0.25, 0.3) is 0 Å². The van der Waals surface area contributed by atoms with Gasteiger partial charge in [-0.3, -0.25) is 0 Å². The summed E-state index contributed by atoms with van der Waals surface area (Å²) in [5.41, 5.74) is 5.52. The Morgan fingerprint density at radius 3 is 2.73 bits per heavy atom. The largest absolute Gasteiger partial charge is 0.467 e. The van der Waals surface area contributed by atoms with E-state index in [1.54, 1.807) is 0 Å². The molecule has 0 spiro atoms. The first-order valence-electron chi connectivity index (χ1n) is 3.60. The minimum atomic E-state index is -0.367. The monoisotopic (exact) mass is 161 g/mol. The van der Waals surface area contributed by atoms with Crippen molar-refractivity contribution in [3.05, 3.63) is 0 Å². The van der Waals surface area contributed by atoms with E-state index in [0.29, 0.717) is 6.61 Å². The maximum Gasteiger partial charge on any atom is 0.331 e. The predicted octanol–water partition coefficient (Wildman–Crippen LogP) is -0.0867. The van der Waals surface area contributed by atoms with Crippen LogP contribution in [-0.2, 0) is 14.3 Å². The van der Waals surface area contributed by atoms with Crippen molar-refractivity contribution in [1.29, 1.82) is 0 Å². The first kappa shape index (κ1) is 10.4. The van der Waals surface area contributed by atoms with Crippen molar-refractivity contribution in [1.82, 2.24) is 0 Å². The zero-order valence-corrected chi connectivity index (χ0v) is 7.00. The Labute approximate surface area is 66.7 Å². The van der Waals surface area contributed by atoms with Crippen molar-refractivity contribution in [2.45, 2.75) is 19.4 Å². The van der Waals surface area contributed by atoms with Crippen LogP contribution < -0.4 is 5.73 Å². The maximum absolute atomic E-state index is 10.5. The van der Waals surface area contributed by atoms with Gasteiger partial charge in [0.05, 0.1) is 13.7 Å². The van der Waals surface area contributed by atoms with E-state index in [0.717, 1.165) is 6.42 Å². The van der Waals surface area contributed by atoms with E-state index < -0.39 is 0 Å². The number of ether oxygens (including phenoxy) is 2. The van der Waals surface area contributed by atoms with E-state index in [-0.39, 0.29) is 18.6 Å². The molecular weight excluding hydrogens is 146 g/mol. The lowest BCUT2D eigenvalue weighted by Crippen LogP contribution is -2.26. The van der Waals surface area contributed by atoms with Gasteiger partial charge in [-0.25, -0.2) is 4.79 Å². The van der Waals surface area contributed by atoms with Crippen LogP contribution in [0.3, 0.4) is 0 Å². The van der Waals surface area contributed by atoms with Gasteiger partial charge in [-0.15, -0.1) is 0 Å². The lowest BCUT2D eigenvalue weighted by Gasteiger charge is -2.07. The SMILES string of the molecule is CCC(N)COCC(=O)OC. The Morgan fingerprint density at radius 1 is 1.64 bits per heavy atom. The minimum Gasteiger partial charge on any atom is -0.467 e. The third-order valence-corrected chi connectivity index (χ3v) is 1.30. The highest BCUT2D eigenvalue weighted by atomic mass is 16.6. The van der Waals surface area contributed by atoms with E-state index in [4.69, 9.17) is 10.5 Å². The molecule has 0 aromatic carbocycles. The van der Waals surface area contributed by atoms with Crippen LogP contribution in [-0.4, -0.2) is 32.3 Å². The molecule has 0 aromatic heterocycles. The van der Waals surface area contributed by atoms with Gasteiger partial charge in [-0.1, -0.05) is 6.92 Å². The van der Waals surface area contributed by atoms with E-state index in [1.165, 1.54) is 7.11 Å². The highest BCUT2D eigenvalue weighted by Crippen LogP contribution is 1.87. The van der Waals surface area contributed by atoms with Crippen molar-refractivity contribution in [3.63, 3.8) is 0 Å². The lowest BCUT2D eigenvalue weighted by molar-refractivity contribution is -0.146. The van der Waals surface area contributed by atoms with Crippen LogP contribution in [0.5, 0.6) is 0 Å². The van der Waals surface area contributed by atoms with Crippen LogP contribution in [0.15, 0.2) is 0 Å². The van der Waals surface area contributed by atoms with Crippen molar-refractivity contribution in [2.24, 2.45) is 5.73 Å². The quantitative estimate of drug-likeness (QED) is 0.572. The summed E-state index contributed by atoms with van der Waals surface area (Å²) in [6.07, 6.45) is 0.848. The molecule has 2 N–H and O–H groups in total. The molecule has 11 heavy (non-hydrogen) atoms. The molecule has 66 valence electrons. The molecule has 0 aliphatic carbocycles. The molecule has 0 saturated carbocycles. The molecule has 0 heterocycles. The topological polar surface area (TPSA) is 61.5 Å². The summed E-state index contributed by atoms with van der Waals surface area (Å²) in [4.78, 5) is 10.5. The molecule has 0 radical (unpaired) electrons. The van der Waals surface area contributed by atoms with Gasteiger partial charge in [-0.2, -0.15) is 0 Å². The highest BCUT2D eigenvalue weighted by molar-refractivity contribution is 5.70. The van der Waals surface area contributed by atoms with Crippen LogP contribution in [0.1, 0.15) is 13.3 Å². The predicted molar refractivity (Wildman–Crippen MR) is 41.1 cm³/mol. The Kier molecular flexibility index (Phi) is 5.78. The van der Waals surface area contributed by atoms with Crippen LogP contribution >= 0.6 is 0 Å². The van der Waals surface area contributed by atoms with Crippen LogP contribution in [0.4, 0.5) is 0 Å². The summed E-state index contributed by atoms with van der Waals surface area (Å²) >= 11 is 0. The van der Waals surface area contributed by atoms with Gasteiger partial charge in [0.25, 0.3) is 0 Å². The first-order chi connectivity index (χ1) is 5.20. The molecule has 0 bridgehead atoms. The normalized spacial score (nSPS) is 12.6. The van der Waals surface area contributed by atoms with Gasteiger partial charge in [0, 0.05) is 6.04 Å². The number of rotatable bonds is 5. The molecule has 0 aliphatic heterocycles. The number of esters is 1. The van der Waals surface area contributed by atoms with E-state index >= 15 is 0 Å². The smallest absolute Gasteiger partial charge is 0.331 e. The molecule has 0 aliphatic rings. The summed E-state index contributed by atoms with van der Waals surface area (Å²) in [6, 6.07) is 0.0136. The lowest BCUT2D eigenvalue weighted by atomic mass is 10.3. The summed E-state index contributed by atoms with van der Waals surface area (Å²) in [5, 5.41) is 0. The van der Waals surface area contributed by atoms with Crippen molar-refractivity contribution >= 4 is 5.97 Å². The molecule has 1 atom stereocenters. The summed E-state index contributed by atoms with van der Waals surface area (Å²) in [6.45, 7) is 2.36. The Hall–Kier alpha value is -0.610. The fourth-order valence-electron chi connectivity index (χ4n) is 0.470. The van der Waals surface area contributed by atoms with Gasteiger partial charge in [-0.05, 0) is 6.42 Å². The number of carbonyl (C=O) groups excluding carboxylic acids is 1. The summed E-state index contributed by atoms with van der Waals surface area (Å²) in [5.74, 6) is -0.367. The number of nitrogens with two attached hydrogens (primary N) is 1. The molecular formula is C7H15NO3. The van der Waals surface area contributed by atoms with Gasteiger partial charge in [0.1, 0.15) is 6.61 Å². The molecule has 0 aromatic rings. The fraction of sp³-hybridized carbons (Fsp3) is 0.857. The standard InChI is InChI=1S/C7H15NO3/c1-3-6(8)4-11-5-7(9)10-2/h6H,3-5,8H2,1-2H3. The fourth-order valence-corrected chi connectivity index (χ4v) is 0.470. The molecule has 0 amide bonds. The molecule has 0 rings (SSSR count). The van der Waals surface area contributed by atoms with E-state index in [1.807, 2.05) is 6.92 Å². The molecule has 4 heteroatoms. The Morgan fingerprint density at radius 2 is 2.27 bits per heavy atom. The first-order valence-corrected chi connectivity index (χ1v) is 3.60. The number of hydrogen-bond acceptors (Lipinski definition) is 4. The molecule has 4 nitrogen and oxygen atoms in total. The Bertz CT molecular complexity index is 116.